The summed E-state index contributed by atoms with van der Waals surface area (Å²) in [5.41, 5.74) is -0.516. The molecule has 0 aliphatic heterocycles. The summed E-state index contributed by atoms with van der Waals surface area (Å²) in [7, 11) is 1.68. The monoisotopic (exact) mass is 326 g/mol. The Morgan fingerprint density at radius 2 is 1.26 bits per heavy atom. The van der Waals surface area contributed by atoms with Gasteiger partial charge >= 0.3 is 0 Å². The molecule has 0 radical (unpaired) electrons. The van der Waals surface area contributed by atoms with Gasteiger partial charge in [0.15, 0.2) is 0 Å². The number of ether oxygens (including phenoxy) is 1. The first-order valence-corrected chi connectivity index (χ1v) is 8.67. The Morgan fingerprint density at radius 1 is 0.826 bits per heavy atom. The van der Waals surface area contributed by atoms with Crippen LogP contribution in [-0.2, 0) is 19.1 Å². The minimum absolute atomic E-state index is 0.175. The summed E-state index contributed by atoms with van der Waals surface area (Å²) in [4.78, 5) is 34.3. The van der Waals surface area contributed by atoms with Crippen molar-refractivity contribution in [2.24, 2.45) is 5.41 Å². The molecule has 0 N–H and O–H groups in total. The molecule has 4 heteroatoms. The lowest BCUT2D eigenvalue weighted by Gasteiger charge is -2.22. The van der Waals surface area contributed by atoms with Gasteiger partial charge in [-0.25, -0.2) is 0 Å². The largest absolute Gasteiger partial charge is 0.379 e. The lowest BCUT2D eigenvalue weighted by atomic mass is 9.88. The highest BCUT2D eigenvalue weighted by atomic mass is 16.5. The van der Waals surface area contributed by atoms with Gasteiger partial charge < -0.3 is 9.53 Å². The molecule has 0 bridgehead atoms. The molecule has 0 saturated heterocycles. The highest BCUT2D eigenvalue weighted by Gasteiger charge is 2.17. The Labute approximate surface area is 141 Å². The summed E-state index contributed by atoms with van der Waals surface area (Å²) in [6.45, 7) is 7.80. The molecular weight excluding hydrogens is 292 g/mol. The normalized spacial score (nSPS) is 12.2. The maximum absolute atomic E-state index is 11.8. The van der Waals surface area contributed by atoms with Gasteiger partial charge in [0.25, 0.3) is 0 Å². The van der Waals surface area contributed by atoms with Crippen molar-refractivity contribution in [3.63, 3.8) is 0 Å². The van der Waals surface area contributed by atoms with E-state index >= 15 is 0 Å². The Morgan fingerprint density at radius 3 is 1.70 bits per heavy atom. The summed E-state index contributed by atoms with van der Waals surface area (Å²) in [5, 5.41) is 0. The molecule has 0 aliphatic rings. The third kappa shape index (κ3) is 12.1. The van der Waals surface area contributed by atoms with Gasteiger partial charge in [-0.2, -0.15) is 0 Å². The zero-order valence-corrected chi connectivity index (χ0v) is 15.6. The van der Waals surface area contributed by atoms with E-state index in [1.165, 1.54) is 0 Å². The van der Waals surface area contributed by atoms with Crippen LogP contribution in [0.3, 0.4) is 0 Å². The van der Waals surface area contributed by atoms with E-state index in [0.29, 0.717) is 32.1 Å². The molecular formula is C19H34O4. The maximum Gasteiger partial charge on any atom is 0.132 e. The molecule has 0 saturated carbocycles. The first-order valence-electron chi connectivity index (χ1n) is 8.67. The molecule has 0 rings (SSSR count). The number of hydrogen-bond donors (Lipinski definition) is 0. The molecule has 0 heterocycles. The highest BCUT2D eigenvalue weighted by molar-refractivity contribution is 5.81. The van der Waals surface area contributed by atoms with Crippen molar-refractivity contribution in [1.82, 2.24) is 0 Å². The Balaban J connectivity index is 3.71. The Hall–Kier alpha value is -1.03. The number of methoxy groups -OCH3 is 1. The van der Waals surface area contributed by atoms with Gasteiger partial charge in [-0.3, -0.25) is 9.59 Å². The van der Waals surface area contributed by atoms with E-state index < -0.39 is 0 Å². The van der Waals surface area contributed by atoms with Gasteiger partial charge in [0, 0.05) is 38.2 Å². The Bertz CT molecular complexity index is 383. The van der Waals surface area contributed by atoms with Gasteiger partial charge in [0.05, 0.1) is 5.60 Å². The van der Waals surface area contributed by atoms with E-state index in [1.807, 2.05) is 27.7 Å². The number of Topliss-reactive ketones (excluding diaryl/α,β-unsaturated/α-hetero) is 2. The van der Waals surface area contributed by atoms with Crippen LogP contribution in [0.5, 0.6) is 0 Å². The fourth-order valence-corrected chi connectivity index (χ4v) is 2.35. The fourth-order valence-electron chi connectivity index (χ4n) is 2.35. The van der Waals surface area contributed by atoms with Crippen LogP contribution in [0.2, 0.25) is 0 Å². The number of ketones is 2. The van der Waals surface area contributed by atoms with Gasteiger partial charge in [-0.05, 0) is 46.0 Å². The molecule has 134 valence electrons. The molecule has 0 aromatic heterocycles. The van der Waals surface area contributed by atoms with Crippen LogP contribution in [-0.4, -0.2) is 30.6 Å². The first kappa shape index (κ1) is 22.0. The van der Waals surface area contributed by atoms with E-state index in [4.69, 9.17) is 4.74 Å². The second-order valence-corrected chi connectivity index (χ2v) is 7.71. The zero-order chi connectivity index (χ0) is 17.9. The van der Waals surface area contributed by atoms with Crippen LogP contribution in [0, 0.1) is 5.41 Å². The average molecular weight is 326 g/mol. The van der Waals surface area contributed by atoms with Crippen molar-refractivity contribution < 1.29 is 19.1 Å². The lowest BCUT2D eigenvalue weighted by Crippen LogP contribution is -2.22. The molecule has 0 atom stereocenters. The zero-order valence-electron chi connectivity index (χ0n) is 15.6. The van der Waals surface area contributed by atoms with Gasteiger partial charge in [-0.1, -0.05) is 13.8 Å². The van der Waals surface area contributed by atoms with Crippen molar-refractivity contribution in [2.45, 2.75) is 91.1 Å². The second-order valence-electron chi connectivity index (χ2n) is 7.71. The summed E-state index contributed by atoms with van der Waals surface area (Å²) in [6.07, 6.45) is 6.78. The van der Waals surface area contributed by atoms with Crippen molar-refractivity contribution in [2.75, 3.05) is 7.11 Å². The summed E-state index contributed by atoms with van der Waals surface area (Å²) < 4.78 is 5.32. The minimum Gasteiger partial charge on any atom is -0.379 e. The van der Waals surface area contributed by atoms with Crippen molar-refractivity contribution in [1.29, 1.82) is 0 Å². The Kier molecular flexibility index (Phi) is 10.2. The number of hydrogen-bond acceptors (Lipinski definition) is 4. The molecule has 0 aromatic carbocycles. The molecule has 0 aromatic rings. The molecule has 23 heavy (non-hydrogen) atoms. The maximum atomic E-state index is 11.8. The quantitative estimate of drug-likeness (QED) is 0.447. The number of carbonyl (C=O) groups is 3. The van der Waals surface area contributed by atoms with Gasteiger partial charge in [-0.15, -0.1) is 0 Å². The topological polar surface area (TPSA) is 60.4 Å². The van der Waals surface area contributed by atoms with Crippen LogP contribution in [0.15, 0.2) is 0 Å². The predicted molar refractivity (Wildman–Crippen MR) is 92.5 cm³/mol. The molecule has 4 nitrogen and oxygen atoms in total. The third-order valence-corrected chi connectivity index (χ3v) is 4.29. The third-order valence-electron chi connectivity index (χ3n) is 4.29. The van der Waals surface area contributed by atoms with Crippen molar-refractivity contribution >= 4 is 17.9 Å². The van der Waals surface area contributed by atoms with Gasteiger partial charge in [0.1, 0.15) is 17.9 Å². The molecule has 0 aliphatic carbocycles. The van der Waals surface area contributed by atoms with Crippen LogP contribution >= 0.6 is 0 Å². The summed E-state index contributed by atoms with van der Waals surface area (Å²) in [5.74, 6) is 0.423. The van der Waals surface area contributed by atoms with Crippen LogP contribution in [0.25, 0.3) is 0 Å². The number of carbonyl (C=O) groups excluding carboxylic acids is 3. The van der Waals surface area contributed by atoms with Crippen molar-refractivity contribution in [3.05, 3.63) is 0 Å². The fraction of sp³-hybridized carbons (Fsp3) is 0.842. The highest BCUT2D eigenvalue weighted by Crippen LogP contribution is 2.20. The van der Waals surface area contributed by atoms with Crippen LogP contribution < -0.4 is 0 Å². The predicted octanol–water partition coefficient (Wildman–Crippen LogP) is 4.29. The summed E-state index contributed by atoms with van der Waals surface area (Å²) in [6, 6.07) is 0. The van der Waals surface area contributed by atoms with E-state index in [9.17, 15) is 14.4 Å². The average Bonchev–Trinajstić information content (AvgIpc) is 2.47. The standard InChI is InChI=1S/C19H34O4/c1-18(2,15-20)13-7-11-16(21)9-6-10-17(22)12-8-14-19(3,4)23-5/h15H,6-14H2,1-5H3. The number of aldehydes is 1. The van der Waals surface area contributed by atoms with Crippen LogP contribution in [0.1, 0.15) is 85.5 Å². The minimum atomic E-state index is -0.341. The van der Waals surface area contributed by atoms with Gasteiger partial charge in [0.2, 0.25) is 0 Å². The molecule has 0 fully saturated rings. The number of rotatable bonds is 14. The lowest BCUT2D eigenvalue weighted by molar-refractivity contribution is -0.121. The second kappa shape index (κ2) is 10.7. The van der Waals surface area contributed by atoms with E-state index in [-0.39, 0.29) is 22.6 Å². The van der Waals surface area contributed by atoms with E-state index in [0.717, 1.165) is 32.0 Å². The molecule has 0 spiro atoms. The first-order chi connectivity index (χ1) is 10.6. The SMILES string of the molecule is COC(C)(C)CCCC(=O)CCCC(=O)CCCC(C)(C)C=O. The summed E-state index contributed by atoms with van der Waals surface area (Å²) >= 11 is 0. The molecule has 0 unspecified atom stereocenters. The van der Waals surface area contributed by atoms with E-state index in [1.54, 1.807) is 7.11 Å². The van der Waals surface area contributed by atoms with Crippen molar-refractivity contribution in [3.8, 4) is 0 Å². The molecule has 0 amide bonds. The smallest absolute Gasteiger partial charge is 0.132 e. The van der Waals surface area contributed by atoms with Crippen LogP contribution in [0.4, 0.5) is 0 Å². The van der Waals surface area contributed by atoms with E-state index in [2.05, 4.69) is 0 Å².